The van der Waals surface area contributed by atoms with Crippen molar-refractivity contribution in [2.45, 2.75) is 6.18 Å². The number of hydrogen-bond acceptors (Lipinski definition) is 3. The Bertz CT molecular complexity index is 612. The number of benzene rings is 1. The van der Waals surface area contributed by atoms with Crippen LogP contribution in [0.2, 0.25) is 5.02 Å². The first kappa shape index (κ1) is 14.3. The van der Waals surface area contributed by atoms with Crippen molar-refractivity contribution in [3.63, 3.8) is 0 Å². The number of alkyl halides is 3. The van der Waals surface area contributed by atoms with Gasteiger partial charge in [-0.25, -0.2) is 0 Å². The number of halogens is 4. The molecule has 0 atom stereocenters. The van der Waals surface area contributed by atoms with Crippen molar-refractivity contribution >= 4 is 23.5 Å². The SMILES string of the molecule is FC(F)(F)c1ccc(Cl)c(N/N=C/c2ccccn2)c1. The fourth-order valence-corrected chi connectivity index (χ4v) is 1.57. The van der Waals surface area contributed by atoms with Crippen molar-refractivity contribution in [3.05, 3.63) is 58.9 Å². The highest BCUT2D eigenvalue weighted by molar-refractivity contribution is 6.33. The zero-order valence-electron chi connectivity index (χ0n) is 10.0. The summed E-state index contributed by atoms with van der Waals surface area (Å²) in [6.07, 6.45) is -1.46. The summed E-state index contributed by atoms with van der Waals surface area (Å²) in [6, 6.07) is 8.20. The van der Waals surface area contributed by atoms with Gasteiger partial charge in [0.25, 0.3) is 0 Å². The van der Waals surface area contributed by atoms with Crippen LogP contribution >= 0.6 is 11.6 Å². The Balaban J connectivity index is 2.15. The van der Waals surface area contributed by atoms with E-state index < -0.39 is 11.7 Å². The van der Waals surface area contributed by atoms with Gasteiger partial charge in [-0.1, -0.05) is 17.7 Å². The maximum Gasteiger partial charge on any atom is 0.416 e. The van der Waals surface area contributed by atoms with E-state index in [0.29, 0.717) is 5.69 Å². The van der Waals surface area contributed by atoms with Crippen LogP contribution in [0, 0.1) is 0 Å². The summed E-state index contributed by atoms with van der Waals surface area (Å²) in [5.41, 5.74) is 2.33. The highest BCUT2D eigenvalue weighted by atomic mass is 35.5. The third-order valence-electron chi connectivity index (χ3n) is 2.36. The third-order valence-corrected chi connectivity index (χ3v) is 2.69. The molecule has 2 aromatic rings. The summed E-state index contributed by atoms with van der Waals surface area (Å²) >= 11 is 5.81. The predicted octanol–water partition coefficient (Wildman–Crippen LogP) is 4.20. The molecular weight excluding hydrogens is 291 g/mol. The lowest BCUT2D eigenvalue weighted by Gasteiger charge is -2.09. The van der Waals surface area contributed by atoms with Gasteiger partial charge in [-0.2, -0.15) is 18.3 Å². The molecule has 0 unspecified atom stereocenters. The zero-order valence-corrected chi connectivity index (χ0v) is 10.8. The fourth-order valence-electron chi connectivity index (χ4n) is 1.41. The predicted molar refractivity (Wildman–Crippen MR) is 71.9 cm³/mol. The average molecular weight is 300 g/mol. The van der Waals surface area contributed by atoms with Gasteiger partial charge in [0.15, 0.2) is 0 Å². The van der Waals surface area contributed by atoms with E-state index in [0.717, 1.165) is 12.1 Å². The molecule has 0 bridgehead atoms. The summed E-state index contributed by atoms with van der Waals surface area (Å²) in [5.74, 6) is 0. The number of nitrogens with zero attached hydrogens (tertiary/aromatic N) is 2. The van der Waals surface area contributed by atoms with Crippen LogP contribution in [0.1, 0.15) is 11.3 Å². The molecular formula is C13H9ClF3N3. The van der Waals surface area contributed by atoms with E-state index in [1.54, 1.807) is 24.4 Å². The van der Waals surface area contributed by atoms with Crippen molar-refractivity contribution in [3.8, 4) is 0 Å². The van der Waals surface area contributed by atoms with Gasteiger partial charge in [0.2, 0.25) is 0 Å². The van der Waals surface area contributed by atoms with E-state index >= 15 is 0 Å². The van der Waals surface area contributed by atoms with Gasteiger partial charge in [0, 0.05) is 6.20 Å². The standard InChI is InChI=1S/C13H9ClF3N3/c14-11-5-4-9(13(15,16)17)7-12(11)20-19-8-10-3-1-2-6-18-10/h1-8,20H/b19-8+. The molecule has 0 aliphatic heterocycles. The smallest absolute Gasteiger partial charge is 0.277 e. The van der Waals surface area contributed by atoms with Gasteiger partial charge < -0.3 is 0 Å². The molecule has 1 aromatic heterocycles. The van der Waals surface area contributed by atoms with Crippen LogP contribution in [-0.2, 0) is 6.18 Å². The molecule has 1 aromatic carbocycles. The van der Waals surface area contributed by atoms with Crippen LogP contribution in [0.3, 0.4) is 0 Å². The number of hydrogen-bond donors (Lipinski definition) is 1. The van der Waals surface area contributed by atoms with E-state index in [9.17, 15) is 13.2 Å². The van der Waals surface area contributed by atoms with Crippen LogP contribution < -0.4 is 5.43 Å². The first-order valence-electron chi connectivity index (χ1n) is 5.53. The topological polar surface area (TPSA) is 37.3 Å². The van der Waals surface area contributed by atoms with E-state index in [4.69, 9.17) is 11.6 Å². The molecule has 1 heterocycles. The van der Waals surface area contributed by atoms with Crippen molar-refractivity contribution in [2.75, 3.05) is 5.43 Å². The van der Waals surface area contributed by atoms with Crippen molar-refractivity contribution in [2.24, 2.45) is 5.10 Å². The molecule has 0 aliphatic rings. The van der Waals surface area contributed by atoms with E-state index in [2.05, 4.69) is 15.5 Å². The minimum Gasteiger partial charge on any atom is -0.277 e. The van der Waals surface area contributed by atoms with Crippen LogP contribution in [-0.4, -0.2) is 11.2 Å². The number of rotatable bonds is 3. The molecule has 0 saturated carbocycles. The van der Waals surface area contributed by atoms with Gasteiger partial charge in [-0.05, 0) is 30.3 Å². The van der Waals surface area contributed by atoms with Gasteiger partial charge in [-0.15, -0.1) is 0 Å². The Morgan fingerprint density at radius 2 is 2.00 bits per heavy atom. The zero-order chi connectivity index (χ0) is 14.6. The largest absolute Gasteiger partial charge is 0.416 e. The van der Waals surface area contributed by atoms with Gasteiger partial charge >= 0.3 is 6.18 Å². The minimum absolute atomic E-state index is 0.0775. The maximum absolute atomic E-state index is 12.6. The molecule has 0 aliphatic carbocycles. The maximum atomic E-state index is 12.6. The first-order chi connectivity index (χ1) is 9.47. The first-order valence-corrected chi connectivity index (χ1v) is 5.91. The number of anilines is 1. The summed E-state index contributed by atoms with van der Waals surface area (Å²) in [6.45, 7) is 0. The van der Waals surface area contributed by atoms with Crippen LogP contribution in [0.5, 0.6) is 0 Å². The van der Waals surface area contributed by atoms with Gasteiger partial charge in [0.1, 0.15) is 0 Å². The fraction of sp³-hybridized carbons (Fsp3) is 0.0769. The quantitative estimate of drug-likeness (QED) is 0.681. The molecule has 104 valence electrons. The molecule has 3 nitrogen and oxygen atoms in total. The Morgan fingerprint density at radius 1 is 1.20 bits per heavy atom. The van der Waals surface area contributed by atoms with Crippen LogP contribution in [0.15, 0.2) is 47.7 Å². The lowest BCUT2D eigenvalue weighted by atomic mass is 10.2. The average Bonchev–Trinajstić information content (AvgIpc) is 2.41. The minimum atomic E-state index is -4.42. The second-order valence-electron chi connectivity index (χ2n) is 3.82. The highest BCUT2D eigenvalue weighted by Gasteiger charge is 2.30. The summed E-state index contributed by atoms with van der Waals surface area (Å²) in [5, 5.41) is 3.96. The van der Waals surface area contributed by atoms with Crippen molar-refractivity contribution in [1.29, 1.82) is 0 Å². The van der Waals surface area contributed by atoms with E-state index in [1.165, 1.54) is 12.3 Å². The second-order valence-corrected chi connectivity index (χ2v) is 4.22. The van der Waals surface area contributed by atoms with Crippen molar-refractivity contribution in [1.82, 2.24) is 4.98 Å². The van der Waals surface area contributed by atoms with Crippen molar-refractivity contribution < 1.29 is 13.2 Å². The van der Waals surface area contributed by atoms with E-state index in [1.807, 2.05) is 0 Å². The van der Waals surface area contributed by atoms with Crippen LogP contribution in [0.4, 0.5) is 18.9 Å². The Labute approximate surface area is 118 Å². The highest BCUT2D eigenvalue weighted by Crippen LogP contribution is 2.33. The Kier molecular flexibility index (Phi) is 4.24. The summed E-state index contributed by atoms with van der Waals surface area (Å²) in [7, 11) is 0. The third kappa shape index (κ3) is 3.71. The number of nitrogens with one attached hydrogen (secondary N) is 1. The molecule has 0 spiro atoms. The normalized spacial score (nSPS) is 11.8. The monoisotopic (exact) mass is 299 g/mol. The molecule has 7 heteroatoms. The summed E-state index contributed by atoms with van der Waals surface area (Å²) < 4.78 is 37.7. The van der Waals surface area contributed by atoms with Crippen LogP contribution in [0.25, 0.3) is 0 Å². The summed E-state index contributed by atoms with van der Waals surface area (Å²) in [4.78, 5) is 3.99. The molecule has 2 rings (SSSR count). The molecule has 0 fully saturated rings. The van der Waals surface area contributed by atoms with Gasteiger partial charge in [-0.3, -0.25) is 10.4 Å². The van der Waals surface area contributed by atoms with E-state index in [-0.39, 0.29) is 10.7 Å². The molecule has 1 N–H and O–H groups in total. The number of hydrazone groups is 1. The Hall–Kier alpha value is -2.08. The Morgan fingerprint density at radius 3 is 2.65 bits per heavy atom. The molecule has 20 heavy (non-hydrogen) atoms. The number of pyridine rings is 1. The second kappa shape index (κ2) is 5.92. The number of aromatic nitrogens is 1. The molecule has 0 saturated heterocycles. The van der Waals surface area contributed by atoms with Gasteiger partial charge in [0.05, 0.1) is 28.2 Å². The lowest BCUT2D eigenvalue weighted by Crippen LogP contribution is -2.05. The molecule has 0 amide bonds. The molecule has 0 radical (unpaired) electrons. The lowest BCUT2D eigenvalue weighted by molar-refractivity contribution is -0.137.